The van der Waals surface area contributed by atoms with Crippen molar-refractivity contribution >= 4 is 46.5 Å². The molecule has 16 heteroatoms. The van der Waals surface area contributed by atoms with E-state index in [1.54, 1.807) is 53.5 Å². The summed E-state index contributed by atoms with van der Waals surface area (Å²) in [7, 11) is 1.59. The van der Waals surface area contributed by atoms with Crippen LogP contribution >= 0.6 is 0 Å². The molecule has 16 nitrogen and oxygen atoms in total. The van der Waals surface area contributed by atoms with Gasteiger partial charge in [0.25, 0.3) is 11.5 Å². The molecule has 0 saturated carbocycles. The van der Waals surface area contributed by atoms with E-state index in [1.165, 1.54) is 15.8 Å². The zero-order valence-electron chi connectivity index (χ0n) is 33.0. The number of amides is 2. The highest BCUT2D eigenvalue weighted by atomic mass is 16.5. The summed E-state index contributed by atoms with van der Waals surface area (Å²) in [4.78, 5) is 67.7. The smallest absolute Gasteiger partial charge is 0.327 e. The number of benzene rings is 1. The molecule has 58 heavy (non-hydrogen) atoms. The predicted octanol–water partition coefficient (Wildman–Crippen LogP) is 3.54. The number of aliphatic hydroxyl groups is 1. The number of piperazine rings is 1. The number of hydrogen-bond donors (Lipinski definition) is 4. The van der Waals surface area contributed by atoms with Gasteiger partial charge < -0.3 is 39.6 Å². The summed E-state index contributed by atoms with van der Waals surface area (Å²) in [5.74, 6) is -1.35. The SMILES string of the molecule is C=CC(=O)Nc1cc(Nc2nc(-c3ccnc(N4CCn5c(cc6c5CC(C)(C)C6)C4=O)c3CO)cn(C)c2=O)ccc1N1CCN(C2CCOCC2)C[C@@H]1C(=O)O. The van der Waals surface area contributed by atoms with E-state index in [9.17, 15) is 29.4 Å². The van der Waals surface area contributed by atoms with Crippen LogP contribution < -0.4 is 26.0 Å². The second-order valence-electron chi connectivity index (χ2n) is 16.3. The number of carboxylic acid groups (broad SMARTS) is 1. The summed E-state index contributed by atoms with van der Waals surface area (Å²) in [5, 5.41) is 27.0. The van der Waals surface area contributed by atoms with Gasteiger partial charge in [0, 0.05) is 93.9 Å². The molecule has 0 bridgehead atoms. The summed E-state index contributed by atoms with van der Waals surface area (Å²) in [5.41, 5.74) is 5.24. The third-order valence-electron chi connectivity index (χ3n) is 11.8. The number of nitrogens with zero attached hydrogens (tertiary/aromatic N) is 7. The maximum Gasteiger partial charge on any atom is 0.327 e. The van der Waals surface area contributed by atoms with Gasteiger partial charge in [-0.05, 0) is 73.1 Å². The Morgan fingerprint density at radius 1 is 1.07 bits per heavy atom. The minimum absolute atomic E-state index is 0.0335. The molecule has 2 amide bonds. The zero-order valence-corrected chi connectivity index (χ0v) is 33.0. The van der Waals surface area contributed by atoms with Crippen molar-refractivity contribution in [3.63, 3.8) is 0 Å². The Balaban J connectivity index is 1.09. The second-order valence-corrected chi connectivity index (χ2v) is 16.3. The lowest BCUT2D eigenvalue weighted by Crippen LogP contribution is -2.59. The summed E-state index contributed by atoms with van der Waals surface area (Å²) in [6.45, 7) is 11.3. The number of aromatic nitrogens is 4. The lowest BCUT2D eigenvalue weighted by Gasteiger charge is -2.45. The minimum atomic E-state index is -0.974. The number of aliphatic carboxylic acids is 1. The molecule has 1 aromatic carbocycles. The molecule has 0 unspecified atom stereocenters. The Labute approximate surface area is 335 Å². The molecule has 3 aliphatic heterocycles. The molecule has 4 aliphatic rings. The Hall–Kier alpha value is -5.84. The number of fused-ring (bicyclic) bond motifs is 3. The van der Waals surface area contributed by atoms with Gasteiger partial charge in [-0.15, -0.1) is 0 Å². The Morgan fingerprint density at radius 2 is 1.86 bits per heavy atom. The number of hydrogen-bond acceptors (Lipinski definition) is 11. The first kappa shape index (κ1) is 39.0. The summed E-state index contributed by atoms with van der Waals surface area (Å²) in [6.07, 6.45) is 7.77. The van der Waals surface area contributed by atoms with Crippen molar-refractivity contribution in [2.24, 2.45) is 12.5 Å². The molecular weight excluding hydrogens is 743 g/mol. The number of aryl methyl sites for hydroxylation is 1. The molecule has 6 heterocycles. The van der Waals surface area contributed by atoms with Crippen molar-refractivity contribution in [1.82, 2.24) is 24.0 Å². The fourth-order valence-electron chi connectivity index (χ4n) is 9.01. The first-order chi connectivity index (χ1) is 27.8. The van der Waals surface area contributed by atoms with E-state index in [1.807, 2.05) is 6.07 Å². The van der Waals surface area contributed by atoms with Crippen LogP contribution in [0.4, 0.5) is 28.7 Å². The van der Waals surface area contributed by atoms with Crippen LogP contribution in [0.1, 0.15) is 54.0 Å². The Bertz CT molecular complexity index is 2360. The van der Waals surface area contributed by atoms with E-state index in [4.69, 9.17) is 9.72 Å². The third kappa shape index (κ3) is 7.27. The maximum absolute atomic E-state index is 14.0. The minimum Gasteiger partial charge on any atom is -0.480 e. The van der Waals surface area contributed by atoms with Gasteiger partial charge in [-0.1, -0.05) is 20.4 Å². The number of aliphatic hydroxyl groups excluding tert-OH is 1. The van der Waals surface area contributed by atoms with E-state index in [0.29, 0.717) is 91.3 Å². The van der Waals surface area contributed by atoms with Crippen LogP contribution in [0.15, 0.2) is 60.2 Å². The zero-order chi connectivity index (χ0) is 40.9. The van der Waals surface area contributed by atoms with Crippen LogP contribution in [0.25, 0.3) is 11.3 Å². The van der Waals surface area contributed by atoms with E-state index in [2.05, 4.69) is 45.5 Å². The van der Waals surface area contributed by atoms with Gasteiger partial charge in [0.1, 0.15) is 17.6 Å². The first-order valence-electron chi connectivity index (χ1n) is 19.7. The van der Waals surface area contributed by atoms with Crippen LogP contribution in [-0.2, 0) is 47.4 Å². The molecular formula is C42H49N9O7. The van der Waals surface area contributed by atoms with Gasteiger partial charge in [0.05, 0.1) is 23.7 Å². The number of carbonyl (C=O) groups excluding carboxylic acids is 2. The van der Waals surface area contributed by atoms with E-state index < -0.39 is 30.1 Å². The highest BCUT2D eigenvalue weighted by Crippen LogP contribution is 2.40. The standard InChI is InChI=1S/C42H49N9O7/c1-5-36(53)45-30-19-26(6-7-32(30)49-13-12-48(23-35(49)41(56)57)27-9-16-58-17-10-27)44-37-40(55)47(4)22-31(46-37)28-8-11-43-38(29(28)24-52)51-15-14-50-33(39(51)54)18-25-20-42(2,3)21-34(25)50/h5-8,11,18-19,22,27,35,52H,1,9-10,12-17,20-21,23-24H2,2-4H3,(H,44,46)(H,45,53)(H,56,57)/t35-/m1/s1. The third-order valence-corrected chi connectivity index (χ3v) is 11.8. The number of rotatable bonds is 10. The fraction of sp³-hybridized carbons (Fsp3) is 0.429. The summed E-state index contributed by atoms with van der Waals surface area (Å²) in [6, 6.07) is 8.11. The molecule has 1 aliphatic carbocycles. The van der Waals surface area contributed by atoms with Gasteiger partial charge in [0.15, 0.2) is 5.82 Å². The fourth-order valence-corrected chi connectivity index (χ4v) is 9.01. The summed E-state index contributed by atoms with van der Waals surface area (Å²) >= 11 is 0. The highest BCUT2D eigenvalue weighted by molar-refractivity contribution is 6.06. The van der Waals surface area contributed by atoms with Crippen molar-refractivity contribution < 1.29 is 29.3 Å². The highest BCUT2D eigenvalue weighted by Gasteiger charge is 2.39. The van der Waals surface area contributed by atoms with Gasteiger partial charge in [-0.25, -0.2) is 14.8 Å². The lowest BCUT2D eigenvalue weighted by molar-refractivity contribution is -0.140. The number of nitrogens with one attached hydrogen (secondary N) is 2. The molecule has 1 atom stereocenters. The maximum atomic E-state index is 14.0. The van der Waals surface area contributed by atoms with Crippen molar-refractivity contribution in [2.45, 2.75) is 64.8 Å². The van der Waals surface area contributed by atoms with Crippen molar-refractivity contribution in [3.8, 4) is 11.3 Å². The van der Waals surface area contributed by atoms with E-state index in [0.717, 1.165) is 31.8 Å². The first-order valence-corrected chi connectivity index (χ1v) is 19.7. The van der Waals surface area contributed by atoms with Gasteiger partial charge >= 0.3 is 5.97 Å². The van der Waals surface area contributed by atoms with Crippen LogP contribution in [-0.4, -0.2) is 103 Å². The molecule has 4 aromatic rings. The molecule has 3 aromatic heterocycles. The lowest BCUT2D eigenvalue weighted by atomic mass is 9.90. The number of anilines is 5. The van der Waals surface area contributed by atoms with Crippen LogP contribution in [0.2, 0.25) is 0 Å². The average Bonchev–Trinajstić information content (AvgIpc) is 3.71. The topological polar surface area (TPSA) is 187 Å². The monoisotopic (exact) mass is 791 g/mol. The number of carboxylic acids is 1. The number of ether oxygens (including phenoxy) is 1. The number of carbonyl (C=O) groups is 3. The largest absolute Gasteiger partial charge is 0.480 e. The average molecular weight is 792 g/mol. The molecule has 2 fully saturated rings. The van der Waals surface area contributed by atoms with Crippen LogP contribution in [0, 0.1) is 5.41 Å². The van der Waals surface area contributed by atoms with Crippen molar-refractivity contribution in [2.75, 3.05) is 59.8 Å². The predicted molar refractivity (Wildman–Crippen MR) is 219 cm³/mol. The van der Waals surface area contributed by atoms with Gasteiger partial charge in [0.2, 0.25) is 5.91 Å². The van der Waals surface area contributed by atoms with Crippen LogP contribution in [0.3, 0.4) is 0 Å². The number of pyridine rings is 1. The van der Waals surface area contributed by atoms with E-state index in [-0.39, 0.29) is 23.2 Å². The quantitative estimate of drug-likeness (QED) is 0.172. The molecule has 4 N–H and O–H groups in total. The summed E-state index contributed by atoms with van der Waals surface area (Å²) < 4.78 is 9.02. The molecule has 2 saturated heterocycles. The molecule has 8 rings (SSSR count). The van der Waals surface area contributed by atoms with Crippen molar-refractivity contribution in [3.05, 3.63) is 88.2 Å². The molecule has 0 spiro atoms. The van der Waals surface area contributed by atoms with E-state index >= 15 is 0 Å². The Morgan fingerprint density at radius 3 is 2.60 bits per heavy atom. The van der Waals surface area contributed by atoms with Crippen molar-refractivity contribution in [1.29, 1.82) is 0 Å². The molecule has 304 valence electrons. The normalized spacial score (nSPS) is 19.4. The second kappa shape index (κ2) is 15.5. The molecule has 0 radical (unpaired) electrons. The van der Waals surface area contributed by atoms with Gasteiger partial charge in [-0.3, -0.25) is 24.2 Å². The van der Waals surface area contributed by atoms with Gasteiger partial charge in [-0.2, -0.15) is 0 Å². The Kier molecular flexibility index (Phi) is 10.4. The van der Waals surface area contributed by atoms with Crippen LogP contribution in [0.5, 0.6) is 0 Å².